The van der Waals surface area contributed by atoms with Crippen LogP contribution in [0.15, 0.2) is 36.5 Å². The van der Waals surface area contributed by atoms with Crippen molar-refractivity contribution in [3.8, 4) is 0 Å². The highest BCUT2D eigenvalue weighted by Crippen LogP contribution is 2.21. The number of carbonyl (C=O) groups is 2. The molecule has 6 nitrogen and oxygen atoms in total. The van der Waals surface area contributed by atoms with Crippen LogP contribution in [-0.2, 0) is 14.3 Å². The average molecular weight is 1310 g/mol. The number of unbranched alkanes of at least 4 members (excludes halogenated alkanes) is 66. The van der Waals surface area contributed by atoms with Gasteiger partial charge < -0.3 is 20.3 Å². The fraction of sp³-hybridized carbons (Fsp3) is 0.908. The monoisotopic (exact) mass is 1310 g/mol. The van der Waals surface area contributed by atoms with Gasteiger partial charge in [-0.05, 0) is 57.8 Å². The van der Waals surface area contributed by atoms with Crippen LogP contribution in [0.2, 0.25) is 0 Å². The lowest BCUT2D eigenvalue weighted by atomic mass is 10.0. The third-order valence-corrected chi connectivity index (χ3v) is 20.2. The number of esters is 1. The Morgan fingerprint density at radius 2 is 0.548 bits per heavy atom. The second-order valence-corrected chi connectivity index (χ2v) is 29.5. The van der Waals surface area contributed by atoms with Crippen LogP contribution in [-0.4, -0.2) is 47.4 Å². The van der Waals surface area contributed by atoms with Gasteiger partial charge in [0.15, 0.2) is 0 Å². The van der Waals surface area contributed by atoms with Crippen molar-refractivity contribution in [2.45, 2.75) is 495 Å². The van der Waals surface area contributed by atoms with Crippen LogP contribution in [0, 0.1) is 0 Å². The predicted molar refractivity (Wildman–Crippen MR) is 412 cm³/mol. The summed E-state index contributed by atoms with van der Waals surface area (Å²) in [6.45, 7) is 4.91. The van der Waals surface area contributed by atoms with Crippen molar-refractivity contribution in [2.24, 2.45) is 0 Å². The van der Waals surface area contributed by atoms with E-state index in [-0.39, 0.29) is 18.5 Å². The van der Waals surface area contributed by atoms with E-state index in [9.17, 15) is 19.8 Å². The first kappa shape index (κ1) is 91.1. The Morgan fingerprint density at radius 3 is 0.849 bits per heavy atom. The number of allylic oxidation sites excluding steroid dienone is 5. The van der Waals surface area contributed by atoms with Gasteiger partial charge in [0.1, 0.15) is 0 Å². The molecular weight excluding hydrogens is 1140 g/mol. The molecule has 0 saturated heterocycles. The van der Waals surface area contributed by atoms with Crippen LogP contribution in [0.25, 0.3) is 0 Å². The summed E-state index contributed by atoms with van der Waals surface area (Å²) in [5.74, 6) is -0.0474. The lowest BCUT2D eigenvalue weighted by Gasteiger charge is -2.20. The third kappa shape index (κ3) is 79.0. The van der Waals surface area contributed by atoms with E-state index in [0.29, 0.717) is 19.4 Å². The Labute approximate surface area is 583 Å². The topological polar surface area (TPSA) is 95.9 Å². The summed E-state index contributed by atoms with van der Waals surface area (Å²) in [5, 5.41) is 23.3. The van der Waals surface area contributed by atoms with E-state index >= 15 is 0 Å². The smallest absolute Gasteiger partial charge is 0.305 e. The van der Waals surface area contributed by atoms with E-state index < -0.39 is 12.1 Å². The summed E-state index contributed by atoms with van der Waals surface area (Å²) in [7, 11) is 0. The van der Waals surface area contributed by atoms with E-state index in [1.807, 2.05) is 6.08 Å². The number of carbonyl (C=O) groups excluding carboxylic acids is 2. The quantitative estimate of drug-likeness (QED) is 0.0320. The molecule has 0 aliphatic carbocycles. The zero-order chi connectivity index (χ0) is 67.0. The average Bonchev–Trinajstić information content (AvgIpc) is 3.77. The first-order valence-corrected chi connectivity index (χ1v) is 42.8. The van der Waals surface area contributed by atoms with E-state index in [4.69, 9.17) is 4.74 Å². The highest BCUT2D eigenvalue weighted by atomic mass is 16.5. The molecule has 0 spiro atoms. The van der Waals surface area contributed by atoms with Gasteiger partial charge in [0.25, 0.3) is 0 Å². The number of aliphatic hydroxyl groups is 2. The fourth-order valence-electron chi connectivity index (χ4n) is 13.7. The van der Waals surface area contributed by atoms with Crippen molar-refractivity contribution >= 4 is 11.9 Å². The zero-order valence-corrected chi connectivity index (χ0v) is 63.3. The maximum atomic E-state index is 12.6. The molecule has 0 aromatic heterocycles. The summed E-state index contributed by atoms with van der Waals surface area (Å²) in [5.41, 5.74) is 0. The summed E-state index contributed by atoms with van der Waals surface area (Å²) < 4.78 is 5.49. The first-order chi connectivity index (χ1) is 46.0. The molecule has 0 bridgehead atoms. The molecule has 2 atom stereocenters. The standard InChI is InChI=1S/C87H167NO5/c1-3-5-7-9-11-13-15-17-19-20-21-22-23-37-40-43-46-49-52-55-59-63-67-71-75-79-85(90)84(83-89)88-86(91)80-76-72-68-64-60-56-53-50-47-44-41-38-35-33-31-29-27-25-24-26-28-30-32-34-36-39-42-45-48-51-54-58-62-66-70-74-78-82-93-87(92)81-77-73-69-65-61-57-18-16-14-12-10-8-6-4-2/h10,12,16,18,75,79,84-85,89-90H,3-9,11,13-15,17,19-74,76-78,80-83H2,1-2H3,(H,88,91)/b12-10-,18-16-,79-75+. The molecule has 0 aromatic carbocycles. The molecule has 550 valence electrons. The molecule has 6 heteroatoms. The van der Waals surface area contributed by atoms with Gasteiger partial charge in [0.05, 0.1) is 25.4 Å². The van der Waals surface area contributed by atoms with Gasteiger partial charge in [-0.3, -0.25) is 9.59 Å². The summed E-state index contributed by atoms with van der Waals surface area (Å²) >= 11 is 0. The van der Waals surface area contributed by atoms with Crippen molar-refractivity contribution in [3.63, 3.8) is 0 Å². The Balaban J connectivity index is 3.33. The Morgan fingerprint density at radius 1 is 0.301 bits per heavy atom. The normalized spacial score (nSPS) is 12.6. The molecule has 0 rings (SSSR count). The summed E-state index contributed by atoms with van der Waals surface area (Å²) in [6.07, 6.45) is 109. The molecule has 3 N–H and O–H groups in total. The van der Waals surface area contributed by atoms with Gasteiger partial charge in [-0.15, -0.1) is 0 Å². The van der Waals surface area contributed by atoms with E-state index in [1.54, 1.807) is 6.08 Å². The highest BCUT2D eigenvalue weighted by molar-refractivity contribution is 5.76. The molecule has 0 aliphatic rings. The zero-order valence-electron chi connectivity index (χ0n) is 63.3. The van der Waals surface area contributed by atoms with Crippen LogP contribution in [0.3, 0.4) is 0 Å². The second kappa shape index (κ2) is 82.5. The lowest BCUT2D eigenvalue weighted by Crippen LogP contribution is -2.45. The van der Waals surface area contributed by atoms with Crippen molar-refractivity contribution in [3.05, 3.63) is 36.5 Å². The maximum Gasteiger partial charge on any atom is 0.305 e. The number of hydrogen-bond acceptors (Lipinski definition) is 5. The maximum absolute atomic E-state index is 12.6. The number of rotatable bonds is 81. The number of amides is 1. The largest absolute Gasteiger partial charge is 0.466 e. The molecule has 0 heterocycles. The molecular formula is C87H167NO5. The van der Waals surface area contributed by atoms with Gasteiger partial charge in [-0.25, -0.2) is 0 Å². The number of ether oxygens (including phenoxy) is 1. The molecule has 1 amide bonds. The molecule has 0 radical (unpaired) electrons. The highest BCUT2D eigenvalue weighted by Gasteiger charge is 2.18. The van der Waals surface area contributed by atoms with Gasteiger partial charge in [-0.2, -0.15) is 0 Å². The molecule has 0 aliphatic heterocycles. The van der Waals surface area contributed by atoms with Crippen LogP contribution >= 0.6 is 0 Å². The minimum absolute atomic E-state index is 0.00923. The van der Waals surface area contributed by atoms with Crippen molar-refractivity contribution < 1.29 is 24.5 Å². The SMILES string of the molecule is CCCC/C=C\C/C=C\CCCCCCCC(=O)OCCCCCCCCCCCCCCCCCCCCCCCCCCCCCCCCCCCCCCCC(=O)NC(CO)C(O)/C=C/CCCCCCCCCCCCCCCCCCCCCCCCC. The first-order valence-electron chi connectivity index (χ1n) is 42.8. The number of nitrogens with one attached hydrogen (secondary N) is 1. The molecule has 93 heavy (non-hydrogen) atoms. The van der Waals surface area contributed by atoms with Crippen LogP contribution < -0.4 is 5.32 Å². The Bertz CT molecular complexity index is 1510. The van der Waals surface area contributed by atoms with Crippen LogP contribution in [0.1, 0.15) is 483 Å². The van der Waals surface area contributed by atoms with Crippen molar-refractivity contribution in [2.75, 3.05) is 13.2 Å². The Hall–Kier alpha value is -1.92. The van der Waals surface area contributed by atoms with Gasteiger partial charge >= 0.3 is 5.97 Å². The number of hydrogen-bond donors (Lipinski definition) is 3. The summed E-state index contributed by atoms with van der Waals surface area (Å²) in [6, 6.07) is -0.625. The van der Waals surface area contributed by atoms with E-state index in [2.05, 4.69) is 43.5 Å². The molecule has 0 fully saturated rings. The summed E-state index contributed by atoms with van der Waals surface area (Å²) in [4.78, 5) is 24.6. The minimum atomic E-state index is -0.842. The van der Waals surface area contributed by atoms with E-state index in [1.165, 1.54) is 405 Å². The third-order valence-electron chi connectivity index (χ3n) is 20.2. The molecule has 2 unspecified atom stereocenters. The second-order valence-electron chi connectivity index (χ2n) is 29.5. The predicted octanol–water partition coefficient (Wildman–Crippen LogP) is 28.6. The van der Waals surface area contributed by atoms with Crippen LogP contribution in [0.5, 0.6) is 0 Å². The van der Waals surface area contributed by atoms with Gasteiger partial charge in [-0.1, -0.05) is 448 Å². The molecule has 0 aromatic rings. The molecule has 0 saturated carbocycles. The lowest BCUT2D eigenvalue weighted by molar-refractivity contribution is -0.143. The van der Waals surface area contributed by atoms with Crippen molar-refractivity contribution in [1.82, 2.24) is 5.32 Å². The van der Waals surface area contributed by atoms with Gasteiger partial charge in [0.2, 0.25) is 5.91 Å². The van der Waals surface area contributed by atoms with Crippen molar-refractivity contribution in [1.29, 1.82) is 0 Å². The van der Waals surface area contributed by atoms with Gasteiger partial charge in [0, 0.05) is 12.8 Å². The fourth-order valence-corrected chi connectivity index (χ4v) is 13.7. The van der Waals surface area contributed by atoms with Crippen LogP contribution in [0.4, 0.5) is 0 Å². The Kier molecular flexibility index (Phi) is 80.8. The van der Waals surface area contributed by atoms with E-state index in [0.717, 1.165) is 51.4 Å². The minimum Gasteiger partial charge on any atom is -0.466 e. The number of aliphatic hydroxyl groups excluding tert-OH is 2.